The molecule has 3 atom stereocenters. The summed E-state index contributed by atoms with van der Waals surface area (Å²) in [5, 5.41) is 0. The molecule has 2 heterocycles. The third-order valence-electron chi connectivity index (χ3n) is 7.09. The van der Waals surface area contributed by atoms with Gasteiger partial charge in [-0.3, -0.25) is 9.59 Å². The summed E-state index contributed by atoms with van der Waals surface area (Å²) >= 11 is 0. The molecule has 5 rings (SSSR count). The number of likely N-dealkylation sites (tertiary alicyclic amines) is 2. The number of hydrogen-bond acceptors (Lipinski definition) is 2. The molecule has 2 saturated heterocycles. The van der Waals surface area contributed by atoms with Crippen molar-refractivity contribution in [1.29, 1.82) is 0 Å². The maximum atomic E-state index is 13.1. The number of hydrogen-bond donors (Lipinski definition) is 0. The quantitative estimate of drug-likeness (QED) is 0.802. The number of fused-ring (bicyclic) bond motifs is 1. The molecule has 3 aliphatic rings. The number of amides is 2. The second-order valence-electron chi connectivity index (χ2n) is 8.86. The molecule has 2 amide bonds. The first kappa shape index (κ1) is 18.4. The summed E-state index contributed by atoms with van der Waals surface area (Å²) in [5.74, 6) is 1.47. The monoisotopic (exact) mass is 388 g/mol. The van der Waals surface area contributed by atoms with Crippen molar-refractivity contribution < 1.29 is 9.59 Å². The molecule has 0 radical (unpaired) electrons. The Bertz CT molecular complexity index is 878. The van der Waals surface area contributed by atoms with Crippen molar-refractivity contribution in [3.8, 4) is 0 Å². The molecular formula is C25H28N2O2. The van der Waals surface area contributed by atoms with Gasteiger partial charge in [0.05, 0.1) is 12.5 Å². The van der Waals surface area contributed by atoms with Crippen LogP contribution in [0.1, 0.15) is 36.4 Å². The SMILES string of the molecule is O=C(Cc1ccccc1)N1C[C@H]2CN(C(=O)C3CCC3)[C@H](c3ccccc3)[C@H]2C1. The maximum absolute atomic E-state index is 13.1. The van der Waals surface area contributed by atoms with Crippen molar-refractivity contribution in [2.75, 3.05) is 19.6 Å². The lowest BCUT2D eigenvalue weighted by Gasteiger charge is -2.35. The highest BCUT2D eigenvalue weighted by atomic mass is 16.2. The van der Waals surface area contributed by atoms with Gasteiger partial charge in [-0.15, -0.1) is 0 Å². The molecule has 2 aliphatic heterocycles. The van der Waals surface area contributed by atoms with E-state index in [4.69, 9.17) is 0 Å². The van der Waals surface area contributed by atoms with Gasteiger partial charge in [-0.25, -0.2) is 0 Å². The van der Waals surface area contributed by atoms with Crippen molar-refractivity contribution in [3.63, 3.8) is 0 Å². The Morgan fingerprint density at radius 3 is 2.21 bits per heavy atom. The topological polar surface area (TPSA) is 40.6 Å². The highest BCUT2D eigenvalue weighted by molar-refractivity contribution is 5.81. The van der Waals surface area contributed by atoms with Gasteiger partial charge in [-0.05, 0) is 24.0 Å². The first-order valence-electron chi connectivity index (χ1n) is 10.9. The number of rotatable bonds is 4. The summed E-state index contributed by atoms with van der Waals surface area (Å²) in [6.45, 7) is 2.31. The summed E-state index contributed by atoms with van der Waals surface area (Å²) in [5.41, 5.74) is 2.28. The van der Waals surface area contributed by atoms with E-state index in [1.165, 1.54) is 12.0 Å². The number of benzene rings is 2. The van der Waals surface area contributed by atoms with Gasteiger partial charge < -0.3 is 9.80 Å². The second-order valence-corrected chi connectivity index (χ2v) is 8.86. The van der Waals surface area contributed by atoms with Gasteiger partial charge in [0.15, 0.2) is 0 Å². The Morgan fingerprint density at radius 1 is 0.862 bits per heavy atom. The lowest BCUT2D eigenvalue weighted by molar-refractivity contribution is -0.140. The van der Waals surface area contributed by atoms with Crippen molar-refractivity contribution in [2.45, 2.75) is 31.7 Å². The molecule has 150 valence electrons. The third-order valence-corrected chi connectivity index (χ3v) is 7.09. The highest BCUT2D eigenvalue weighted by Crippen LogP contribution is 2.46. The Labute approximate surface area is 172 Å². The van der Waals surface area contributed by atoms with E-state index in [2.05, 4.69) is 29.2 Å². The van der Waals surface area contributed by atoms with Crippen LogP contribution >= 0.6 is 0 Å². The summed E-state index contributed by atoms with van der Waals surface area (Å²) in [7, 11) is 0. The number of carbonyl (C=O) groups excluding carboxylic acids is 2. The minimum absolute atomic E-state index is 0.101. The fourth-order valence-corrected chi connectivity index (χ4v) is 5.32. The standard InChI is InChI=1S/C25H28N2O2/c28-23(14-18-8-3-1-4-9-18)26-15-21-16-27(25(29)20-12-7-13-20)24(22(21)17-26)19-10-5-2-6-11-19/h1-6,8-11,20-22,24H,7,12-17H2/t21-,22-,24+/m0/s1. The smallest absolute Gasteiger partial charge is 0.227 e. The van der Waals surface area contributed by atoms with Crippen LogP contribution in [-0.2, 0) is 16.0 Å². The number of nitrogens with zero attached hydrogens (tertiary/aromatic N) is 2. The minimum atomic E-state index is 0.101. The zero-order valence-corrected chi connectivity index (χ0v) is 16.7. The second kappa shape index (κ2) is 7.66. The molecule has 0 spiro atoms. The lowest BCUT2D eigenvalue weighted by Crippen LogP contribution is -2.42. The van der Waals surface area contributed by atoms with E-state index in [1.807, 2.05) is 41.3 Å². The zero-order valence-electron chi connectivity index (χ0n) is 16.7. The maximum Gasteiger partial charge on any atom is 0.227 e. The zero-order chi connectivity index (χ0) is 19.8. The van der Waals surface area contributed by atoms with Crippen LogP contribution in [0.5, 0.6) is 0 Å². The van der Waals surface area contributed by atoms with Gasteiger partial charge in [0.1, 0.15) is 0 Å². The summed E-state index contributed by atoms with van der Waals surface area (Å²) < 4.78 is 0. The molecule has 0 unspecified atom stereocenters. The predicted molar refractivity (Wildman–Crippen MR) is 112 cm³/mol. The average molecular weight is 389 g/mol. The summed E-state index contributed by atoms with van der Waals surface area (Å²) in [6.07, 6.45) is 3.71. The fraction of sp³-hybridized carbons (Fsp3) is 0.440. The Morgan fingerprint density at radius 2 is 1.55 bits per heavy atom. The largest absolute Gasteiger partial charge is 0.342 e. The van der Waals surface area contributed by atoms with Gasteiger partial charge in [0, 0.05) is 37.4 Å². The molecule has 0 aromatic heterocycles. The van der Waals surface area contributed by atoms with Crippen LogP contribution in [0.25, 0.3) is 0 Å². The van der Waals surface area contributed by atoms with Crippen molar-refractivity contribution >= 4 is 11.8 Å². The first-order chi connectivity index (χ1) is 14.2. The molecule has 2 aromatic rings. The Kier molecular flexibility index (Phi) is 4.86. The normalized spacial score (nSPS) is 26.3. The van der Waals surface area contributed by atoms with Gasteiger partial charge in [0.25, 0.3) is 0 Å². The van der Waals surface area contributed by atoms with Gasteiger partial charge in [0.2, 0.25) is 11.8 Å². The van der Waals surface area contributed by atoms with Gasteiger partial charge >= 0.3 is 0 Å². The van der Waals surface area contributed by atoms with Crippen molar-refractivity contribution in [2.24, 2.45) is 17.8 Å². The molecule has 3 fully saturated rings. The van der Waals surface area contributed by atoms with Crippen LogP contribution in [0.4, 0.5) is 0 Å². The minimum Gasteiger partial charge on any atom is -0.342 e. The van der Waals surface area contributed by atoms with Crippen molar-refractivity contribution in [1.82, 2.24) is 9.80 Å². The molecular weight excluding hydrogens is 360 g/mol. The Hall–Kier alpha value is -2.62. The van der Waals surface area contributed by atoms with E-state index in [1.54, 1.807) is 0 Å². The van der Waals surface area contributed by atoms with Gasteiger partial charge in [-0.1, -0.05) is 67.1 Å². The lowest BCUT2D eigenvalue weighted by atomic mass is 9.83. The van der Waals surface area contributed by atoms with E-state index in [9.17, 15) is 9.59 Å². The molecule has 1 saturated carbocycles. The van der Waals surface area contributed by atoms with E-state index in [0.717, 1.165) is 38.0 Å². The van der Waals surface area contributed by atoms with Gasteiger partial charge in [-0.2, -0.15) is 0 Å². The van der Waals surface area contributed by atoms with E-state index >= 15 is 0 Å². The van der Waals surface area contributed by atoms with Crippen LogP contribution in [0.2, 0.25) is 0 Å². The van der Waals surface area contributed by atoms with E-state index in [-0.39, 0.29) is 17.9 Å². The highest BCUT2D eigenvalue weighted by Gasteiger charge is 2.51. The van der Waals surface area contributed by atoms with Crippen LogP contribution in [0.3, 0.4) is 0 Å². The molecule has 0 bridgehead atoms. The number of carbonyl (C=O) groups is 2. The summed E-state index contributed by atoms with van der Waals surface area (Å²) in [6, 6.07) is 20.5. The molecule has 2 aromatic carbocycles. The van der Waals surface area contributed by atoms with Crippen molar-refractivity contribution in [3.05, 3.63) is 71.8 Å². The summed E-state index contributed by atoms with van der Waals surface area (Å²) in [4.78, 5) is 30.2. The molecule has 4 nitrogen and oxygen atoms in total. The third kappa shape index (κ3) is 3.45. The molecule has 0 N–H and O–H groups in total. The average Bonchev–Trinajstić information content (AvgIpc) is 3.26. The Balaban J connectivity index is 1.34. The fourth-order valence-electron chi connectivity index (χ4n) is 5.32. The predicted octanol–water partition coefficient (Wildman–Crippen LogP) is 3.69. The van der Waals surface area contributed by atoms with E-state index < -0.39 is 0 Å². The molecule has 4 heteroatoms. The van der Waals surface area contributed by atoms with Crippen LogP contribution in [-0.4, -0.2) is 41.2 Å². The van der Waals surface area contributed by atoms with Crippen LogP contribution < -0.4 is 0 Å². The van der Waals surface area contributed by atoms with E-state index in [0.29, 0.717) is 24.2 Å². The van der Waals surface area contributed by atoms with Crippen LogP contribution in [0, 0.1) is 17.8 Å². The molecule has 1 aliphatic carbocycles. The van der Waals surface area contributed by atoms with Crippen LogP contribution in [0.15, 0.2) is 60.7 Å². The molecule has 29 heavy (non-hydrogen) atoms. The first-order valence-corrected chi connectivity index (χ1v) is 10.9.